The molecule has 1 aliphatic rings. The van der Waals surface area contributed by atoms with E-state index < -0.39 is 16.1 Å². The summed E-state index contributed by atoms with van der Waals surface area (Å²) in [4.78, 5) is 10.1. The topological polar surface area (TPSA) is 104 Å². The molecule has 1 fully saturated rings. The molecule has 1 aromatic carbocycles. The van der Waals surface area contributed by atoms with Crippen LogP contribution in [0.5, 0.6) is 0 Å². The molecule has 0 aromatic heterocycles. The number of hydrogen-bond acceptors (Lipinski definition) is 4. The molecule has 1 aromatic rings. The lowest BCUT2D eigenvalue weighted by atomic mass is 10.2. The largest absolute Gasteiger partial charge is 0.480 e. The van der Waals surface area contributed by atoms with Gasteiger partial charge in [0.15, 0.2) is 0 Å². The average molecular weight is 287 g/mol. The van der Waals surface area contributed by atoms with Gasteiger partial charge in [-0.1, -0.05) is 17.7 Å². The second-order valence-electron chi connectivity index (χ2n) is 4.28. The van der Waals surface area contributed by atoms with E-state index in [0.29, 0.717) is 0 Å². The van der Waals surface area contributed by atoms with Crippen molar-refractivity contribution in [1.29, 1.82) is 0 Å². The van der Waals surface area contributed by atoms with Crippen LogP contribution in [0.4, 0.5) is 0 Å². The Bertz CT molecular complexity index is 518. The van der Waals surface area contributed by atoms with Crippen molar-refractivity contribution in [2.75, 3.05) is 6.54 Å². The number of hydrogen-bond donors (Lipinski definition) is 3. The van der Waals surface area contributed by atoms with Crippen molar-refractivity contribution in [2.45, 2.75) is 30.7 Å². The molecule has 7 heteroatoms. The van der Waals surface area contributed by atoms with Crippen LogP contribution in [0.1, 0.15) is 18.4 Å². The van der Waals surface area contributed by atoms with Crippen LogP contribution in [0, 0.1) is 6.92 Å². The van der Waals surface area contributed by atoms with Crippen molar-refractivity contribution in [2.24, 2.45) is 0 Å². The Kier molecular flexibility index (Phi) is 5.46. The van der Waals surface area contributed by atoms with Crippen molar-refractivity contribution >= 4 is 16.1 Å². The van der Waals surface area contributed by atoms with Crippen LogP contribution in [0.2, 0.25) is 0 Å². The van der Waals surface area contributed by atoms with Crippen molar-refractivity contribution in [3.63, 3.8) is 0 Å². The molecular weight excluding hydrogens is 270 g/mol. The van der Waals surface area contributed by atoms with Gasteiger partial charge in [0, 0.05) is 0 Å². The highest BCUT2D eigenvalue weighted by Crippen LogP contribution is 2.08. The van der Waals surface area contributed by atoms with Gasteiger partial charge < -0.3 is 10.4 Å². The fourth-order valence-electron chi connectivity index (χ4n) is 1.61. The smallest absolute Gasteiger partial charge is 0.320 e. The third-order valence-corrected chi connectivity index (χ3v) is 3.55. The summed E-state index contributed by atoms with van der Waals surface area (Å²) in [5, 5.41) is 11.2. The SMILES string of the molecule is Cc1ccc(S(=O)(=O)O)cc1.O=C(O)C1CCCN1. The molecule has 2 rings (SSSR count). The van der Waals surface area contributed by atoms with Gasteiger partial charge in [-0.2, -0.15) is 8.42 Å². The number of nitrogens with one attached hydrogen (secondary N) is 1. The Morgan fingerprint density at radius 1 is 1.32 bits per heavy atom. The maximum atomic E-state index is 10.5. The van der Waals surface area contributed by atoms with Crippen molar-refractivity contribution in [3.05, 3.63) is 29.8 Å². The summed E-state index contributed by atoms with van der Waals surface area (Å²) in [6.07, 6.45) is 1.78. The zero-order valence-electron chi connectivity index (χ0n) is 10.5. The lowest BCUT2D eigenvalue weighted by Crippen LogP contribution is -2.29. The number of carbonyl (C=O) groups is 1. The van der Waals surface area contributed by atoms with E-state index in [1.807, 2.05) is 6.92 Å². The molecule has 1 heterocycles. The highest BCUT2D eigenvalue weighted by atomic mass is 32.2. The van der Waals surface area contributed by atoms with Crippen LogP contribution in [0.25, 0.3) is 0 Å². The molecule has 3 N–H and O–H groups in total. The molecule has 0 amide bonds. The molecule has 0 aliphatic carbocycles. The van der Waals surface area contributed by atoms with Gasteiger partial charge in [-0.15, -0.1) is 0 Å². The Morgan fingerprint density at radius 3 is 2.21 bits per heavy atom. The van der Waals surface area contributed by atoms with Gasteiger partial charge in [0.2, 0.25) is 0 Å². The first kappa shape index (κ1) is 15.6. The molecule has 0 radical (unpaired) electrons. The molecule has 1 saturated heterocycles. The number of aliphatic carboxylic acids is 1. The van der Waals surface area contributed by atoms with Crippen molar-refractivity contribution in [3.8, 4) is 0 Å². The Balaban J connectivity index is 0.000000200. The van der Waals surface area contributed by atoms with Crippen molar-refractivity contribution < 1.29 is 22.9 Å². The first-order valence-electron chi connectivity index (χ1n) is 5.81. The summed E-state index contributed by atoms with van der Waals surface area (Å²) in [6.45, 7) is 2.70. The van der Waals surface area contributed by atoms with E-state index in [0.717, 1.165) is 24.9 Å². The maximum Gasteiger partial charge on any atom is 0.320 e. The highest BCUT2D eigenvalue weighted by Gasteiger charge is 2.20. The van der Waals surface area contributed by atoms with Gasteiger partial charge in [0.05, 0.1) is 4.90 Å². The van der Waals surface area contributed by atoms with E-state index in [2.05, 4.69) is 5.32 Å². The third-order valence-electron chi connectivity index (χ3n) is 2.68. The Morgan fingerprint density at radius 2 is 1.89 bits per heavy atom. The molecule has 0 bridgehead atoms. The van der Waals surface area contributed by atoms with E-state index in [-0.39, 0.29) is 10.9 Å². The monoisotopic (exact) mass is 287 g/mol. The third kappa shape index (κ3) is 5.37. The van der Waals surface area contributed by atoms with E-state index in [1.165, 1.54) is 12.1 Å². The number of benzene rings is 1. The van der Waals surface area contributed by atoms with Gasteiger partial charge in [-0.05, 0) is 38.4 Å². The minimum absolute atomic E-state index is 0.0666. The molecule has 1 aliphatic heterocycles. The highest BCUT2D eigenvalue weighted by molar-refractivity contribution is 7.85. The average Bonchev–Trinajstić information content (AvgIpc) is 2.82. The normalized spacial score (nSPS) is 18.5. The lowest BCUT2D eigenvalue weighted by Gasteiger charge is -1.99. The fourth-order valence-corrected chi connectivity index (χ4v) is 2.09. The van der Waals surface area contributed by atoms with Crippen LogP contribution in [-0.4, -0.2) is 36.6 Å². The first-order valence-corrected chi connectivity index (χ1v) is 7.25. The molecule has 19 heavy (non-hydrogen) atoms. The predicted octanol–water partition coefficient (Wildman–Crippen LogP) is 1.06. The van der Waals surface area contributed by atoms with Gasteiger partial charge in [-0.25, -0.2) is 0 Å². The molecule has 1 atom stereocenters. The second-order valence-corrected chi connectivity index (χ2v) is 5.70. The van der Waals surface area contributed by atoms with Gasteiger partial charge in [0.25, 0.3) is 10.1 Å². The van der Waals surface area contributed by atoms with Crippen molar-refractivity contribution in [1.82, 2.24) is 5.32 Å². The van der Waals surface area contributed by atoms with E-state index in [1.54, 1.807) is 12.1 Å². The quantitative estimate of drug-likeness (QED) is 0.703. The number of aryl methyl sites for hydroxylation is 1. The standard InChI is InChI=1S/C7H8O3S.C5H9NO2/c1-6-2-4-7(5-3-6)11(8,9)10;7-5(8)4-2-1-3-6-4/h2-5H,1H3,(H,8,9,10);4,6H,1-3H2,(H,7,8). The number of carboxylic acids is 1. The molecule has 106 valence electrons. The summed E-state index contributed by atoms with van der Waals surface area (Å²) in [5.74, 6) is -0.720. The molecule has 6 nitrogen and oxygen atoms in total. The van der Waals surface area contributed by atoms with Crippen LogP contribution < -0.4 is 5.32 Å². The fraction of sp³-hybridized carbons (Fsp3) is 0.417. The lowest BCUT2D eigenvalue weighted by molar-refractivity contribution is -0.139. The summed E-state index contributed by atoms with van der Waals surface area (Å²) in [7, 11) is -4.02. The maximum absolute atomic E-state index is 10.5. The van der Waals surface area contributed by atoms with E-state index in [9.17, 15) is 13.2 Å². The minimum atomic E-state index is -4.02. The Labute approximate surface area is 112 Å². The second kappa shape index (κ2) is 6.65. The number of carboxylic acid groups (broad SMARTS) is 1. The zero-order valence-corrected chi connectivity index (χ0v) is 11.4. The van der Waals surface area contributed by atoms with Gasteiger partial charge in [0.1, 0.15) is 6.04 Å². The van der Waals surface area contributed by atoms with Gasteiger partial charge >= 0.3 is 5.97 Å². The van der Waals surface area contributed by atoms with Crippen LogP contribution in [0.15, 0.2) is 29.2 Å². The first-order chi connectivity index (χ1) is 8.80. The van der Waals surface area contributed by atoms with Crippen LogP contribution in [0.3, 0.4) is 0 Å². The summed E-state index contributed by atoms with van der Waals surface area (Å²) >= 11 is 0. The van der Waals surface area contributed by atoms with E-state index >= 15 is 0 Å². The van der Waals surface area contributed by atoms with Crippen LogP contribution >= 0.6 is 0 Å². The van der Waals surface area contributed by atoms with E-state index in [4.69, 9.17) is 9.66 Å². The van der Waals surface area contributed by atoms with Crippen LogP contribution in [-0.2, 0) is 14.9 Å². The summed E-state index contributed by atoms with van der Waals surface area (Å²) in [6, 6.07) is 5.72. The molecule has 0 spiro atoms. The summed E-state index contributed by atoms with van der Waals surface area (Å²) in [5.41, 5.74) is 0.956. The zero-order chi connectivity index (χ0) is 14.5. The molecule has 1 unspecified atom stereocenters. The molecular formula is C12H17NO5S. The summed E-state index contributed by atoms with van der Waals surface area (Å²) < 4.78 is 29.6. The number of rotatable bonds is 2. The van der Waals surface area contributed by atoms with Gasteiger partial charge in [-0.3, -0.25) is 9.35 Å². The predicted molar refractivity (Wildman–Crippen MR) is 69.7 cm³/mol. The minimum Gasteiger partial charge on any atom is -0.480 e. The Hall–Kier alpha value is -1.44. The molecule has 0 saturated carbocycles.